The van der Waals surface area contributed by atoms with Gasteiger partial charge in [-0.2, -0.15) is 0 Å². The molecule has 78 valence electrons. The molecule has 0 saturated heterocycles. The van der Waals surface area contributed by atoms with Crippen LogP contribution in [0.1, 0.15) is 17.2 Å². The Balaban J connectivity index is 2.58. The molecular formula is C11H13N3O. The Morgan fingerprint density at radius 2 is 1.87 bits per heavy atom. The quantitative estimate of drug-likeness (QED) is 0.772. The van der Waals surface area contributed by atoms with Gasteiger partial charge in [0.25, 0.3) is 0 Å². The maximum absolute atomic E-state index is 5.60. The summed E-state index contributed by atoms with van der Waals surface area (Å²) in [6.07, 6.45) is 0. The molecule has 0 bridgehead atoms. The monoisotopic (exact) mass is 203 g/mol. The minimum absolute atomic E-state index is 0.295. The van der Waals surface area contributed by atoms with Crippen molar-refractivity contribution in [3.63, 3.8) is 0 Å². The van der Waals surface area contributed by atoms with E-state index in [1.54, 1.807) is 0 Å². The molecule has 0 fully saturated rings. The maximum atomic E-state index is 5.60. The van der Waals surface area contributed by atoms with Crippen LogP contribution in [0.15, 0.2) is 16.5 Å². The second-order valence-electron chi connectivity index (χ2n) is 3.58. The average Bonchev–Trinajstić information content (AvgIpc) is 2.43. The first kappa shape index (κ1) is 9.71. The molecule has 2 aromatic rings. The zero-order chi connectivity index (χ0) is 11.0. The van der Waals surface area contributed by atoms with Gasteiger partial charge in [0.15, 0.2) is 0 Å². The van der Waals surface area contributed by atoms with Crippen LogP contribution in [0.4, 0.5) is 5.95 Å². The molecule has 2 N–H and O–H groups in total. The molecule has 0 aromatic carbocycles. The Morgan fingerprint density at radius 1 is 1.13 bits per heavy atom. The molecule has 0 unspecified atom stereocenters. The Labute approximate surface area is 88.2 Å². The minimum atomic E-state index is 0.295. The summed E-state index contributed by atoms with van der Waals surface area (Å²) in [6.45, 7) is 5.72. The van der Waals surface area contributed by atoms with Crippen LogP contribution in [0.5, 0.6) is 0 Å². The lowest BCUT2D eigenvalue weighted by molar-refractivity contribution is 0.505. The van der Waals surface area contributed by atoms with E-state index in [0.29, 0.717) is 5.95 Å². The van der Waals surface area contributed by atoms with Crippen LogP contribution >= 0.6 is 0 Å². The number of furan rings is 1. The van der Waals surface area contributed by atoms with E-state index >= 15 is 0 Å². The average molecular weight is 203 g/mol. The summed E-state index contributed by atoms with van der Waals surface area (Å²) in [7, 11) is 0. The first-order valence-electron chi connectivity index (χ1n) is 4.75. The highest BCUT2D eigenvalue weighted by Gasteiger charge is 2.09. The van der Waals surface area contributed by atoms with Crippen LogP contribution in [-0.4, -0.2) is 9.97 Å². The number of rotatable bonds is 1. The maximum Gasteiger partial charge on any atom is 0.220 e. The van der Waals surface area contributed by atoms with E-state index in [4.69, 9.17) is 10.2 Å². The third-order valence-corrected chi connectivity index (χ3v) is 2.19. The molecule has 0 radical (unpaired) electrons. The fourth-order valence-electron chi connectivity index (χ4n) is 1.61. The van der Waals surface area contributed by atoms with Crippen molar-refractivity contribution in [1.29, 1.82) is 0 Å². The molecule has 4 heteroatoms. The molecule has 0 aliphatic carbocycles. The summed E-state index contributed by atoms with van der Waals surface area (Å²) in [5, 5.41) is 0. The first-order valence-corrected chi connectivity index (χ1v) is 4.75. The van der Waals surface area contributed by atoms with Crippen molar-refractivity contribution in [1.82, 2.24) is 9.97 Å². The standard InChI is InChI=1S/C11H13N3O/c1-6-4-10(14-11(12)13-6)9-5-7(2)15-8(9)3/h4-5H,1-3H3,(H2,12,13,14). The zero-order valence-electron chi connectivity index (χ0n) is 9.03. The first-order chi connectivity index (χ1) is 7.06. The van der Waals surface area contributed by atoms with Crippen LogP contribution in [0.2, 0.25) is 0 Å². The van der Waals surface area contributed by atoms with Crippen LogP contribution < -0.4 is 5.73 Å². The highest BCUT2D eigenvalue weighted by molar-refractivity contribution is 5.63. The van der Waals surface area contributed by atoms with Crippen LogP contribution in [0, 0.1) is 20.8 Å². The summed E-state index contributed by atoms with van der Waals surface area (Å²) in [5.74, 6) is 2.02. The number of hydrogen-bond acceptors (Lipinski definition) is 4. The summed E-state index contributed by atoms with van der Waals surface area (Å²) >= 11 is 0. The molecule has 0 amide bonds. The number of aryl methyl sites for hydroxylation is 3. The van der Waals surface area contributed by atoms with Crippen molar-refractivity contribution in [3.05, 3.63) is 29.3 Å². The Morgan fingerprint density at radius 3 is 2.40 bits per heavy atom. The van der Waals surface area contributed by atoms with Crippen molar-refractivity contribution < 1.29 is 4.42 Å². The van der Waals surface area contributed by atoms with Crippen molar-refractivity contribution in [3.8, 4) is 11.3 Å². The number of hydrogen-bond donors (Lipinski definition) is 1. The van der Waals surface area contributed by atoms with Crippen LogP contribution in [0.25, 0.3) is 11.3 Å². The topological polar surface area (TPSA) is 64.9 Å². The molecule has 2 rings (SSSR count). The molecule has 0 aliphatic heterocycles. The van der Waals surface area contributed by atoms with Crippen LogP contribution in [-0.2, 0) is 0 Å². The highest BCUT2D eigenvalue weighted by Crippen LogP contribution is 2.25. The Hall–Kier alpha value is -1.84. The molecular weight excluding hydrogens is 190 g/mol. The lowest BCUT2D eigenvalue weighted by Gasteiger charge is -2.01. The van der Waals surface area contributed by atoms with E-state index in [9.17, 15) is 0 Å². The highest BCUT2D eigenvalue weighted by atomic mass is 16.3. The number of nitrogen functional groups attached to an aromatic ring is 1. The van der Waals surface area contributed by atoms with Crippen molar-refractivity contribution in [2.45, 2.75) is 20.8 Å². The number of nitrogens with zero attached hydrogens (tertiary/aromatic N) is 2. The van der Waals surface area contributed by atoms with Gasteiger partial charge in [0.05, 0.1) is 5.69 Å². The van der Waals surface area contributed by atoms with E-state index in [-0.39, 0.29) is 0 Å². The lowest BCUT2D eigenvalue weighted by atomic mass is 10.1. The Kier molecular flexibility index (Phi) is 2.19. The summed E-state index contributed by atoms with van der Waals surface area (Å²) < 4.78 is 5.45. The zero-order valence-corrected chi connectivity index (χ0v) is 9.03. The van der Waals surface area contributed by atoms with Gasteiger partial charge in [0, 0.05) is 11.3 Å². The van der Waals surface area contributed by atoms with Gasteiger partial charge < -0.3 is 10.2 Å². The number of nitrogens with two attached hydrogens (primary N) is 1. The van der Waals surface area contributed by atoms with Gasteiger partial charge >= 0.3 is 0 Å². The van der Waals surface area contributed by atoms with E-state index in [1.165, 1.54) is 0 Å². The lowest BCUT2D eigenvalue weighted by Crippen LogP contribution is -1.98. The van der Waals surface area contributed by atoms with Gasteiger partial charge in [-0.3, -0.25) is 0 Å². The minimum Gasteiger partial charge on any atom is -0.466 e. The van der Waals surface area contributed by atoms with E-state index < -0.39 is 0 Å². The van der Waals surface area contributed by atoms with Gasteiger partial charge in [0.1, 0.15) is 11.5 Å². The molecule has 0 aliphatic rings. The van der Waals surface area contributed by atoms with Gasteiger partial charge in [-0.15, -0.1) is 0 Å². The van der Waals surface area contributed by atoms with Crippen LogP contribution in [0.3, 0.4) is 0 Å². The Bertz CT molecular complexity index is 482. The SMILES string of the molecule is Cc1cc(-c2cc(C)oc2C)nc(N)n1. The molecule has 4 nitrogen and oxygen atoms in total. The molecule has 0 spiro atoms. The summed E-state index contributed by atoms with van der Waals surface area (Å²) in [5.41, 5.74) is 8.25. The molecule has 0 saturated carbocycles. The second kappa shape index (κ2) is 3.38. The fourth-order valence-corrected chi connectivity index (χ4v) is 1.61. The summed E-state index contributed by atoms with van der Waals surface area (Å²) in [4.78, 5) is 8.22. The summed E-state index contributed by atoms with van der Waals surface area (Å²) in [6, 6.07) is 3.85. The van der Waals surface area contributed by atoms with Crippen molar-refractivity contribution >= 4 is 5.95 Å². The van der Waals surface area contributed by atoms with Crippen molar-refractivity contribution in [2.24, 2.45) is 0 Å². The van der Waals surface area contributed by atoms with E-state index in [0.717, 1.165) is 28.5 Å². The smallest absolute Gasteiger partial charge is 0.220 e. The number of anilines is 1. The molecule has 2 aromatic heterocycles. The van der Waals surface area contributed by atoms with Crippen molar-refractivity contribution in [2.75, 3.05) is 5.73 Å². The van der Waals surface area contributed by atoms with Gasteiger partial charge in [-0.05, 0) is 32.9 Å². The second-order valence-corrected chi connectivity index (χ2v) is 3.58. The van der Waals surface area contributed by atoms with Gasteiger partial charge in [-0.1, -0.05) is 0 Å². The van der Waals surface area contributed by atoms with E-state index in [1.807, 2.05) is 32.9 Å². The largest absolute Gasteiger partial charge is 0.466 e. The van der Waals surface area contributed by atoms with E-state index in [2.05, 4.69) is 9.97 Å². The third kappa shape index (κ3) is 1.83. The third-order valence-electron chi connectivity index (χ3n) is 2.19. The predicted molar refractivity (Wildman–Crippen MR) is 58.4 cm³/mol. The fraction of sp³-hybridized carbons (Fsp3) is 0.273. The predicted octanol–water partition coefficient (Wildman–Crippen LogP) is 2.24. The van der Waals surface area contributed by atoms with Gasteiger partial charge in [0.2, 0.25) is 5.95 Å². The molecule has 15 heavy (non-hydrogen) atoms. The number of aromatic nitrogens is 2. The normalized spacial score (nSPS) is 10.6. The van der Waals surface area contributed by atoms with Gasteiger partial charge in [-0.25, -0.2) is 9.97 Å². The molecule has 2 heterocycles. The molecule has 0 atom stereocenters.